The van der Waals surface area contributed by atoms with Crippen LogP contribution in [0, 0.1) is 11.3 Å². The maximum atomic E-state index is 11.5. The molecule has 0 bridgehead atoms. The van der Waals surface area contributed by atoms with Gasteiger partial charge in [0.1, 0.15) is 5.71 Å². The van der Waals surface area contributed by atoms with Gasteiger partial charge in [0, 0.05) is 25.5 Å². The van der Waals surface area contributed by atoms with Gasteiger partial charge in [0.25, 0.3) is 0 Å². The number of nitriles is 1. The highest BCUT2D eigenvalue weighted by Crippen LogP contribution is 2.24. The molecule has 3 rings (SSSR count). The van der Waals surface area contributed by atoms with Crippen molar-refractivity contribution < 1.29 is 23.8 Å². The molecule has 1 unspecified atom stereocenters. The number of carbonyl (C=O) groups excluding carboxylic acids is 1. The maximum Gasteiger partial charge on any atom is 0.303 e. The van der Waals surface area contributed by atoms with Crippen molar-refractivity contribution in [2.75, 3.05) is 13.2 Å². The molecule has 0 spiro atoms. The van der Waals surface area contributed by atoms with Crippen LogP contribution in [-0.2, 0) is 23.8 Å². The fraction of sp³-hybridized carbons (Fsp3) is 0.526. The van der Waals surface area contributed by atoms with E-state index in [2.05, 4.69) is 11.2 Å². The summed E-state index contributed by atoms with van der Waals surface area (Å²) < 4.78 is 16.7. The topological polar surface area (TPSA) is 90.1 Å². The second kappa shape index (κ2) is 8.79. The van der Waals surface area contributed by atoms with E-state index in [1.165, 1.54) is 6.92 Å². The molecule has 2 aliphatic rings. The predicted molar refractivity (Wildman–Crippen MR) is 92.3 cm³/mol. The number of esters is 1. The van der Waals surface area contributed by atoms with Crippen molar-refractivity contribution >= 4 is 11.7 Å². The van der Waals surface area contributed by atoms with Gasteiger partial charge in [0.15, 0.2) is 18.5 Å². The minimum Gasteiger partial charge on any atom is -0.452 e. The molecular formula is C19H22N2O5. The van der Waals surface area contributed by atoms with E-state index < -0.39 is 18.2 Å². The third-order valence-corrected chi connectivity index (χ3v) is 4.34. The van der Waals surface area contributed by atoms with Gasteiger partial charge in [-0.2, -0.15) is 5.26 Å². The molecule has 1 aromatic carbocycles. The Morgan fingerprint density at radius 1 is 1.35 bits per heavy atom. The van der Waals surface area contributed by atoms with Crippen LogP contribution < -0.4 is 0 Å². The first-order valence-electron chi connectivity index (χ1n) is 8.82. The van der Waals surface area contributed by atoms with Crippen LogP contribution in [-0.4, -0.2) is 43.4 Å². The van der Waals surface area contributed by atoms with Gasteiger partial charge in [0.05, 0.1) is 18.2 Å². The Bertz CT molecular complexity index is 689. The van der Waals surface area contributed by atoms with Crippen molar-refractivity contribution in [3.63, 3.8) is 0 Å². The van der Waals surface area contributed by atoms with Crippen molar-refractivity contribution in [1.82, 2.24) is 0 Å². The Morgan fingerprint density at radius 3 is 2.81 bits per heavy atom. The van der Waals surface area contributed by atoms with Crippen molar-refractivity contribution in [3.8, 4) is 6.07 Å². The molecule has 0 aliphatic carbocycles. The van der Waals surface area contributed by atoms with Crippen LogP contribution in [0.5, 0.6) is 0 Å². The molecule has 1 saturated heterocycles. The van der Waals surface area contributed by atoms with E-state index in [1.54, 1.807) is 24.3 Å². The van der Waals surface area contributed by atoms with Crippen LogP contribution in [0.2, 0.25) is 0 Å². The number of oxime groups is 1. The quantitative estimate of drug-likeness (QED) is 0.726. The van der Waals surface area contributed by atoms with Crippen molar-refractivity contribution in [1.29, 1.82) is 5.26 Å². The first kappa shape index (κ1) is 18.4. The molecule has 1 fully saturated rings. The smallest absolute Gasteiger partial charge is 0.303 e. The van der Waals surface area contributed by atoms with E-state index in [-0.39, 0.29) is 6.29 Å². The lowest BCUT2D eigenvalue weighted by Crippen LogP contribution is -2.35. The highest BCUT2D eigenvalue weighted by molar-refractivity contribution is 6.05. The van der Waals surface area contributed by atoms with E-state index in [0.717, 1.165) is 31.4 Å². The van der Waals surface area contributed by atoms with Crippen LogP contribution in [0.4, 0.5) is 0 Å². The molecule has 0 N–H and O–H groups in total. The number of hydrogen-bond acceptors (Lipinski definition) is 7. The molecule has 2 aliphatic heterocycles. The van der Waals surface area contributed by atoms with Crippen molar-refractivity contribution in [2.24, 2.45) is 5.16 Å². The molecule has 3 atom stereocenters. The second-order valence-electron chi connectivity index (χ2n) is 6.30. The first-order chi connectivity index (χ1) is 12.7. The SMILES string of the molecule is CC(=O)O[C@@H]1C(c2ccc(C#N)cc2)=NO[C@H]1CCOC1CCCCO1. The standard InChI is InChI=1S/C19H22N2O5/c1-13(22)25-19-16(9-11-24-17-4-2-3-10-23-17)26-21-18(19)15-7-5-14(12-20)6-8-15/h5-8,16-17,19H,2-4,9-11H2,1H3/t16-,17?,19-/m0/s1. The summed E-state index contributed by atoms with van der Waals surface area (Å²) in [4.78, 5) is 17.0. The highest BCUT2D eigenvalue weighted by atomic mass is 16.7. The molecule has 7 heteroatoms. The van der Waals surface area contributed by atoms with Crippen LogP contribution in [0.25, 0.3) is 0 Å². The Hall–Kier alpha value is -2.43. The molecule has 2 heterocycles. The second-order valence-corrected chi connectivity index (χ2v) is 6.30. The number of benzene rings is 1. The maximum absolute atomic E-state index is 11.5. The normalized spacial score (nSPS) is 25.1. The summed E-state index contributed by atoms with van der Waals surface area (Å²) in [5, 5.41) is 13.0. The van der Waals surface area contributed by atoms with Gasteiger partial charge in [-0.05, 0) is 31.4 Å². The predicted octanol–water partition coefficient (Wildman–Crippen LogP) is 2.53. The zero-order valence-electron chi connectivity index (χ0n) is 14.7. The van der Waals surface area contributed by atoms with Gasteiger partial charge >= 0.3 is 5.97 Å². The number of nitrogens with zero attached hydrogens (tertiary/aromatic N) is 2. The van der Waals surface area contributed by atoms with Crippen molar-refractivity contribution in [2.45, 2.75) is 51.1 Å². The molecule has 1 aromatic rings. The Balaban J connectivity index is 1.61. The van der Waals surface area contributed by atoms with Gasteiger partial charge in [-0.1, -0.05) is 17.3 Å². The van der Waals surface area contributed by atoms with E-state index in [0.29, 0.717) is 24.3 Å². The largest absolute Gasteiger partial charge is 0.452 e. The summed E-state index contributed by atoms with van der Waals surface area (Å²) in [5.41, 5.74) is 1.85. The summed E-state index contributed by atoms with van der Waals surface area (Å²) >= 11 is 0. The van der Waals surface area contributed by atoms with Gasteiger partial charge < -0.3 is 19.0 Å². The van der Waals surface area contributed by atoms with E-state index in [9.17, 15) is 4.79 Å². The fourth-order valence-electron chi connectivity index (χ4n) is 3.01. The lowest BCUT2D eigenvalue weighted by Gasteiger charge is -2.24. The van der Waals surface area contributed by atoms with Crippen molar-refractivity contribution in [3.05, 3.63) is 35.4 Å². The Labute approximate surface area is 152 Å². The minimum absolute atomic E-state index is 0.170. The Morgan fingerprint density at radius 2 is 2.15 bits per heavy atom. The number of ether oxygens (including phenoxy) is 3. The molecular weight excluding hydrogens is 336 g/mol. The fourth-order valence-corrected chi connectivity index (χ4v) is 3.01. The summed E-state index contributed by atoms with van der Waals surface area (Å²) in [7, 11) is 0. The summed E-state index contributed by atoms with van der Waals surface area (Å²) in [6.45, 7) is 2.52. The zero-order valence-corrected chi connectivity index (χ0v) is 14.7. The zero-order chi connectivity index (χ0) is 18.4. The van der Waals surface area contributed by atoms with Gasteiger partial charge in [-0.3, -0.25) is 4.79 Å². The lowest BCUT2D eigenvalue weighted by molar-refractivity contribution is -0.169. The number of rotatable bonds is 6. The molecule has 0 saturated carbocycles. The van der Waals surface area contributed by atoms with Gasteiger partial charge in [0.2, 0.25) is 0 Å². The van der Waals surface area contributed by atoms with E-state index in [4.69, 9.17) is 24.3 Å². The molecule has 0 radical (unpaired) electrons. The third kappa shape index (κ3) is 4.59. The Kier molecular flexibility index (Phi) is 6.21. The van der Waals surface area contributed by atoms with Crippen LogP contribution in [0.3, 0.4) is 0 Å². The molecule has 26 heavy (non-hydrogen) atoms. The summed E-state index contributed by atoms with van der Waals surface area (Å²) in [6.07, 6.45) is 2.42. The first-order valence-corrected chi connectivity index (χ1v) is 8.82. The van der Waals surface area contributed by atoms with Crippen LogP contribution >= 0.6 is 0 Å². The monoisotopic (exact) mass is 358 g/mol. The average molecular weight is 358 g/mol. The molecule has 0 amide bonds. The average Bonchev–Trinajstić information content (AvgIpc) is 3.04. The number of carbonyl (C=O) groups is 1. The van der Waals surface area contributed by atoms with Crippen LogP contribution in [0.1, 0.15) is 43.7 Å². The molecule has 0 aromatic heterocycles. The van der Waals surface area contributed by atoms with E-state index in [1.807, 2.05) is 0 Å². The third-order valence-electron chi connectivity index (χ3n) is 4.34. The van der Waals surface area contributed by atoms with Gasteiger partial charge in [-0.25, -0.2) is 0 Å². The summed E-state index contributed by atoms with van der Waals surface area (Å²) in [5.74, 6) is -0.400. The summed E-state index contributed by atoms with van der Waals surface area (Å²) in [6, 6.07) is 9.00. The highest BCUT2D eigenvalue weighted by Gasteiger charge is 2.37. The molecule has 7 nitrogen and oxygen atoms in total. The van der Waals surface area contributed by atoms with Gasteiger partial charge in [-0.15, -0.1) is 0 Å². The van der Waals surface area contributed by atoms with Crippen LogP contribution in [0.15, 0.2) is 29.4 Å². The van der Waals surface area contributed by atoms with E-state index >= 15 is 0 Å². The minimum atomic E-state index is -0.601. The number of hydrogen-bond donors (Lipinski definition) is 0. The lowest BCUT2D eigenvalue weighted by atomic mass is 9.99. The molecule has 138 valence electrons.